The predicted molar refractivity (Wildman–Crippen MR) is 87.9 cm³/mol. The van der Waals surface area contributed by atoms with Gasteiger partial charge in [-0.1, -0.05) is 31.2 Å². The number of methoxy groups -OCH3 is 1. The zero-order valence-electron chi connectivity index (χ0n) is 13.2. The lowest BCUT2D eigenvalue weighted by Crippen LogP contribution is -2.11. The Bertz CT molecular complexity index is 832. The molecule has 0 spiro atoms. The van der Waals surface area contributed by atoms with Gasteiger partial charge in [0.25, 0.3) is 0 Å². The van der Waals surface area contributed by atoms with Crippen LogP contribution < -0.4 is 9.47 Å². The highest BCUT2D eigenvalue weighted by molar-refractivity contribution is 5.86. The van der Waals surface area contributed by atoms with E-state index in [9.17, 15) is 4.79 Å². The normalized spacial score (nSPS) is 10.7. The number of para-hydroxylation sites is 2. The largest absolute Gasteiger partial charge is 0.493 e. The van der Waals surface area contributed by atoms with Crippen molar-refractivity contribution in [2.45, 2.75) is 19.8 Å². The van der Waals surface area contributed by atoms with Gasteiger partial charge in [-0.15, -0.1) is 0 Å². The van der Waals surface area contributed by atoms with Crippen LogP contribution in [0.25, 0.3) is 11.0 Å². The molecule has 23 heavy (non-hydrogen) atoms. The van der Waals surface area contributed by atoms with Crippen molar-refractivity contribution in [2.75, 3.05) is 7.11 Å². The second kappa shape index (κ2) is 6.57. The smallest absolute Gasteiger partial charge is 0.315 e. The summed E-state index contributed by atoms with van der Waals surface area (Å²) in [5, 5.41) is 0.944. The van der Waals surface area contributed by atoms with E-state index in [2.05, 4.69) is 6.92 Å². The van der Waals surface area contributed by atoms with Gasteiger partial charge in [0.2, 0.25) is 0 Å². The van der Waals surface area contributed by atoms with E-state index in [4.69, 9.17) is 13.9 Å². The maximum Gasteiger partial charge on any atom is 0.315 e. The zero-order chi connectivity index (χ0) is 16.2. The lowest BCUT2D eigenvalue weighted by atomic mass is 10.1. The first-order valence-corrected chi connectivity index (χ1v) is 7.54. The molecule has 118 valence electrons. The van der Waals surface area contributed by atoms with Crippen LogP contribution in [0.1, 0.15) is 18.1 Å². The maximum absolute atomic E-state index is 12.2. The second-order valence-corrected chi connectivity index (χ2v) is 5.25. The van der Waals surface area contributed by atoms with Crippen LogP contribution in [-0.4, -0.2) is 13.1 Å². The second-order valence-electron chi connectivity index (χ2n) is 5.25. The number of esters is 1. The number of furan rings is 1. The molecule has 4 nitrogen and oxygen atoms in total. The first-order chi connectivity index (χ1) is 11.2. The average molecular weight is 310 g/mol. The Hall–Kier alpha value is -2.75. The number of benzene rings is 2. The minimum Gasteiger partial charge on any atom is -0.493 e. The lowest BCUT2D eigenvalue weighted by molar-refractivity contribution is -0.133. The molecule has 0 aliphatic heterocycles. The van der Waals surface area contributed by atoms with Crippen LogP contribution >= 0.6 is 0 Å². The first kappa shape index (κ1) is 15.2. The fourth-order valence-electron chi connectivity index (χ4n) is 2.50. The molecule has 0 saturated carbocycles. The average Bonchev–Trinajstić information content (AvgIpc) is 2.97. The van der Waals surface area contributed by atoms with Gasteiger partial charge in [0.15, 0.2) is 11.5 Å². The van der Waals surface area contributed by atoms with Gasteiger partial charge in [-0.25, -0.2) is 0 Å². The van der Waals surface area contributed by atoms with Crippen molar-refractivity contribution in [3.8, 4) is 11.5 Å². The van der Waals surface area contributed by atoms with Crippen LogP contribution in [-0.2, 0) is 17.6 Å². The number of rotatable bonds is 5. The Labute approximate surface area is 134 Å². The maximum atomic E-state index is 12.2. The van der Waals surface area contributed by atoms with Crippen LogP contribution in [0, 0.1) is 0 Å². The van der Waals surface area contributed by atoms with E-state index >= 15 is 0 Å². The highest BCUT2D eigenvalue weighted by Gasteiger charge is 2.14. The van der Waals surface area contributed by atoms with Gasteiger partial charge in [-0.05, 0) is 30.2 Å². The van der Waals surface area contributed by atoms with E-state index in [1.54, 1.807) is 31.6 Å². The summed E-state index contributed by atoms with van der Waals surface area (Å²) in [4.78, 5) is 12.2. The van der Waals surface area contributed by atoms with Gasteiger partial charge in [0.1, 0.15) is 5.58 Å². The molecule has 0 fully saturated rings. The van der Waals surface area contributed by atoms with E-state index < -0.39 is 0 Å². The molecule has 3 rings (SSSR count). The first-order valence-electron chi connectivity index (χ1n) is 7.54. The SMILES string of the molecule is CCc1ccc2c(CC(=O)Oc3ccccc3OC)coc2c1. The minimum atomic E-state index is -0.350. The summed E-state index contributed by atoms with van der Waals surface area (Å²) in [6, 6.07) is 13.1. The van der Waals surface area contributed by atoms with Crippen molar-refractivity contribution in [2.24, 2.45) is 0 Å². The Morgan fingerprint density at radius 2 is 1.91 bits per heavy atom. The quantitative estimate of drug-likeness (QED) is 0.524. The zero-order valence-corrected chi connectivity index (χ0v) is 13.2. The molecule has 0 N–H and O–H groups in total. The minimum absolute atomic E-state index is 0.149. The van der Waals surface area contributed by atoms with Crippen molar-refractivity contribution >= 4 is 16.9 Å². The van der Waals surface area contributed by atoms with E-state index in [0.29, 0.717) is 11.5 Å². The Balaban J connectivity index is 1.78. The van der Waals surface area contributed by atoms with Crippen molar-refractivity contribution < 1.29 is 18.7 Å². The number of ether oxygens (including phenoxy) is 2. The van der Waals surface area contributed by atoms with Crippen LogP contribution in [0.5, 0.6) is 11.5 Å². The Morgan fingerprint density at radius 1 is 1.13 bits per heavy atom. The van der Waals surface area contributed by atoms with Gasteiger partial charge in [0, 0.05) is 10.9 Å². The fourth-order valence-corrected chi connectivity index (χ4v) is 2.50. The summed E-state index contributed by atoms with van der Waals surface area (Å²) in [5.74, 6) is 0.600. The number of carbonyl (C=O) groups excluding carboxylic acids is 1. The molecule has 3 aromatic rings. The third kappa shape index (κ3) is 3.21. The molecular formula is C19H18O4. The number of hydrogen-bond acceptors (Lipinski definition) is 4. The van der Waals surface area contributed by atoms with Gasteiger partial charge in [-0.2, -0.15) is 0 Å². The molecule has 0 amide bonds. The van der Waals surface area contributed by atoms with Crippen molar-refractivity contribution in [1.29, 1.82) is 0 Å². The van der Waals surface area contributed by atoms with Gasteiger partial charge < -0.3 is 13.9 Å². The Kier molecular flexibility index (Phi) is 4.33. The third-order valence-electron chi connectivity index (χ3n) is 3.76. The number of hydrogen-bond donors (Lipinski definition) is 0. The number of fused-ring (bicyclic) bond motifs is 1. The fraction of sp³-hybridized carbons (Fsp3) is 0.211. The summed E-state index contributed by atoms with van der Waals surface area (Å²) in [5.41, 5.74) is 2.82. The standard InChI is InChI=1S/C19H18O4/c1-3-13-8-9-15-14(12-22-18(15)10-13)11-19(20)23-17-7-5-4-6-16(17)21-2/h4-10,12H,3,11H2,1-2H3. The summed E-state index contributed by atoms with van der Waals surface area (Å²) in [6.07, 6.45) is 2.71. The van der Waals surface area contributed by atoms with Crippen LogP contribution in [0.15, 0.2) is 53.1 Å². The molecular weight excluding hydrogens is 292 g/mol. The third-order valence-corrected chi connectivity index (χ3v) is 3.76. The predicted octanol–water partition coefficient (Wildman–Crippen LogP) is 4.15. The van der Waals surface area contributed by atoms with Gasteiger partial charge in [-0.3, -0.25) is 4.79 Å². The highest BCUT2D eigenvalue weighted by Crippen LogP contribution is 2.27. The van der Waals surface area contributed by atoms with Gasteiger partial charge >= 0.3 is 5.97 Å². The molecule has 0 radical (unpaired) electrons. The molecule has 0 unspecified atom stereocenters. The Morgan fingerprint density at radius 3 is 2.65 bits per heavy atom. The van der Waals surface area contributed by atoms with Crippen LogP contribution in [0.4, 0.5) is 0 Å². The monoisotopic (exact) mass is 310 g/mol. The molecule has 0 aliphatic rings. The summed E-state index contributed by atoms with van der Waals surface area (Å²) < 4.78 is 16.1. The van der Waals surface area contributed by atoms with Crippen LogP contribution in [0.2, 0.25) is 0 Å². The van der Waals surface area contributed by atoms with E-state index in [1.807, 2.05) is 24.3 Å². The summed E-state index contributed by atoms with van der Waals surface area (Å²) in [6.45, 7) is 2.09. The van der Waals surface area contributed by atoms with Crippen molar-refractivity contribution in [3.05, 3.63) is 59.9 Å². The molecule has 2 aromatic carbocycles. The molecule has 0 atom stereocenters. The van der Waals surface area contributed by atoms with Crippen molar-refractivity contribution in [3.63, 3.8) is 0 Å². The summed E-state index contributed by atoms with van der Waals surface area (Å²) >= 11 is 0. The van der Waals surface area contributed by atoms with Crippen molar-refractivity contribution in [1.82, 2.24) is 0 Å². The molecule has 0 bridgehead atoms. The van der Waals surface area contributed by atoms with E-state index in [0.717, 1.165) is 23.0 Å². The summed E-state index contributed by atoms with van der Waals surface area (Å²) in [7, 11) is 1.54. The van der Waals surface area contributed by atoms with Crippen LogP contribution in [0.3, 0.4) is 0 Å². The number of carbonyl (C=O) groups is 1. The molecule has 0 saturated heterocycles. The van der Waals surface area contributed by atoms with Gasteiger partial charge in [0.05, 0.1) is 19.8 Å². The molecule has 4 heteroatoms. The van der Waals surface area contributed by atoms with E-state index in [-0.39, 0.29) is 12.4 Å². The highest BCUT2D eigenvalue weighted by atomic mass is 16.6. The van der Waals surface area contributed by atoms with E-state index in [1.165, 1.54) is 5.56 Å². The number of aryl methyl sites for hydroxylation is 1. The molecule has 1 aromatic heterocycles. The molecule has 0 aliphatic carbocycles. The molecule has 1 heterocycles. The topological polar surface area (TPSA) is 48.7 Å². The lowest BCUT2D eigenvalue weighted by Gasteiger charge is -2.08.